The van der Waals surface area contributed by atoms with E-state index in [1.54, 1.807) is 20.8 Å². The number of esters is 1. The Kier molecular flexibility index (Phi) is 23.3. The van der Waals surface area contributed by atoms with E-state index in [0.29, 0.717) is 0 Å². The van der Waals surface area contributed by atoms with Gasteiger partial charge in [0.05, 0.1) is 7.11 Å². The Labute approximate surface area is 391 Å². The quantitative estimate of drug-likeness (QED) is 0.0621. The Bertz CT molecular complexity index is 1750. The molecule has 0 aromatic heterocycles. The maximum atomic E-state index is 13.7. The average Bonchev–Trinajstić information content (AvgIpc) is 3.14. The predicted molar refractivity (Wildman–Crippen MR) is 247 cm³/mol. The number of hydrogen-bond acceptors (Lipinski definition) is 12. The standard InChI is InChI=1S/C45H81N9O12/c1-23(2)20-29(35(58)52-43(13,14)38(61)47-27(8)33(56)50-31(22-25(5)6)37(60)54-45(17,18)40(63)65-19)49-32(55)26(7)46-39(62)44(15,16)53-36(59)30(21-24(3)4)51-34(57)28(9)48-41(64)66-42(10,11)12/h23-31H,20-22H2,1-19H3,(H,46,62)(H,47,61)(H,48,64)(H,49,55)(H,50,56)(H,51,57)(H,52,58)(H,53,59)(H,54,60)/t26-,27-,28-,29-,30-,31-/m0/s1. The molecule has 0 aliphatic rings. The van der Waals surface area contributed by atoms with Gasteiger partial charge in [-0.1, -0.05) is 41.5 Å². The third kappa shape index (κ3) is 21.7. The van der Waals surface area contributed by atoms with Crippen LogP contribution < -0.4 is 47.9 Å². The number of methoxy groups -OCH3 is 1. The molecule has 6 atom stereocenters. The number of carbonyl (C=O) groups excluding carboxylic acids is 10. The molecule has 0 fully saturated rings. The van der Waals surface area contributed by atoms with Crippen LogP contribution in [0.3, 0.4) is 0 Å². The minimum Gasteiger partial charge on any atom is -0.467 e. The highest BCUT2D eigenvalue weighted by atomic mass is 16.6. The summed E-state index contributed by atoms with van der Waals surface area (Å²) in [5.41, 5.74) is -5.40. The molecule has 0 aromatic carbocycles. The second kappa shape index (κ2) is 25.4. The minimum absolute atomic E-state index is 0.0393. The Morgan fingerprint density at radius 1 is 0.394 bits per heavy atom. The largest absolute Gasteiger partial charge is 0.467 e. The first kappa shape index (κ1) is 60.5. The van der Waals surface area contributed by atoms with E-state index in [0.717, 1.165) is 0 Å². The van der Waals surface area contributed by atoms with Crippen LogP contribution in [-0.4, -0.2) is 125 Å². The van der Waals surface area contributed by atoms with E-state index in [9.17, 15) is 47.9 Å². The van der Waals surface area contributed by atoms with Gasteiger partial charge in [0.25, 0.3) is 0 Å². The van der Waals surface area contributed by atoms with Crippen molar-refractivity contribution in [1.82, 2.24) is 47.9 Å². The van der Waals surface area contributed by atoms with Gasteiger partial charge in [-0.2, -0.15) is 0 Å². The molecule has 378 valence electrons. The third-order valence-electron chi connectivity index (χ3n) is 9.77. The fraction of sp³-hybridized carbons (Fsp3) is 0.778. The van der Waals surface area contributed by atoms with E-state index < -0.39 is 118 Å². The first-order valence-electron chi connectivity index (χ1n) is 22.4. The van der Waals surface area contributed by atoms with Gasteiger partial charge in [-0.05, 0) is 120 Å². The summed E-state index contributed by atoms with van der Waals surface area (Å²) in [4.78, 5) is 131. The molecule has 0 saturated carbocycles. The van der Waals surface area contributed by atoms with E-state index in [-0.39, 0.29) is 37.0 Å². The highest BCUT2D eigenvalue weighted by molar-refractivity contribution is 5.99. The van der Waals surface area contributed by atoms with Gasteiger partial charge in [0.15, 0.2) is 0 Å². The highest BCUT2D eigenvalue weighted by Crippen LogP contribution is 2.14. The Hall–Kier alpha value is -5.50. The first-order valence-corrected chi connectivity index (χ1v) is 22.4. The van der Waals surface area contributed by atoms with Crippen molar-refractivity contribution in [2.45, 2.75) is 202 Å². The van der Waals surface area contributed by atoms with Crippen molar-refractivity contribution in [3.05, 3.63) is 0 Å². The SMILES string of the molecule is COC(=O)C(C)(C)NC(=O)[C@H](CC(C)C)NC(=O)[C@H](C)NC(=O)C(C)(C)NC(=O)[C@H](CC(C)C)NC(=O)[C@H](C)NC(=O)C(C)(C)NC(=O)[C@H](CC(C)C)NC(=O)[C@H](C)NC(=O)OC(C)(C)C. The Morgan fingerprint density at radius 3 is 0.924 bits per heavy atom. The fourth-order valence-electron chi connectivity index (χ4n) is 6.04. The van der Waals surface area contributed by atoms with E-state index in [2.05, 4.69) is 47.9 Å². The third-order valence-corrected chi connectivity index (χ3v) is 9.77. The van der Waals surface area contributed by atoms with Gasteiger partial charge in [0.1, 0.15) is 58.5 Å². The molecule has 0 spiro atoms. The van der Waals surface area contributed by atoms with Gasteiger partial charge in [-0.15, -0.1) is 0 Å². The van der Waals surface area contributed by atoms with E-state index >= 15 is 0 Å². The molecule has 0 unspecified atom stereocenters. The summed E-state index contributed by atoms with van der Waals surface area (Å²) in [6, 6.07) is -6.77. The molecule has 0 aromatic rings. The van der Waals surface area contributed by atoms with Crippen LogP contribution in [0.15, 0.2) is 0 Å². The topological polar surface area (TPSA) is 297 Å². The highest BCUT2D eigenvalue weighted by Gasteiger charge is 2.39. The number of amides is 9. The summed E-state index contributed by atoms with van der Waals surface area (Å²) in [5, 5.41) is 23.3. The summed E-state index contributed by atoms with van der Waals surface area (Å²) in [5.74, 6) is -6.56. The van der Waals surface area contributed by atoms with Crippen LogP contribution in [0.2, 0.25) is 0 Å². The molecular formula is C45H81N9O12. The molecule has 66 heavy (non-hydrogen) atoms. The van der Waals surface area contributed by atoms with Crippen LogP contribution in [0.1, 0.15) is 144 Å². The lowest BCUT2D eigenvalue weighted by Gasteiger charge is -2.31. The fourth-order valence-corrected chi connectivity index (χ4v) is 6.04. The first-order chi connectivity index (χ1) is 29.8. The maximum absolute atomic E-state index is 13.7. The lowest BCUT2D eigenvalue weighted by Crippen LogP contribution is -2.64. The van der Waals surface area contributed by atoms with E-state index in [1.165, 1.54) is 69.4 Å². The van der Waals surface area contributed by atoms with Crippen molar-refractivity contribution in [3.8, 4) is 0 Å². The molecule has 9 N–H and O–H groups in total. The number of ether oxygens (including phenoxy) is 2. The van der Waals surface area contributed by atoms with Crippen molar-refractivity contribution in [2.75, 3.05) is 7.11 Å². The van der Waals surface area contributed by atoms with Crippen LogP contribution in [0.5, 0.6) is 0 Å². The average molecular weight is 940 g/mol. The molecule has 0 rings (SSSR count). The lowest BCUT2D eigenvalue weighted by molar-refractivity contribution is -0.149. The number of hydrogen-bond donors (Lipinski definition) is 9. The number of carbonyl (C=O) groups is 10. The number of rotatable bonds is 24. The molecule has 0 saturated heterocycles. The van der Waals surface area contributed by atoms with Gasteiger partial charge in [-0.25, -0.2) is 9.59 Å². The van der Waals surface area contributed by atoms with Crippen LogP contribution in [-0.2, 0) is 52.6 Å². The van der Waals surface area contributed by atoms with Gasteiger partial charge in [-0.3, -0.25) is 38.4 Å². The van der Waals surface area contributed by atoms with Crippen LogP contribution in [0, 0.1) is 17.8 Å². The summed E-state index contributed by atoms with van der Waals surface area (Å²) in [6.45, 7) is 28.8. The molecule has 21 nitrogen and oxygen atoms in total. The normalized spacial score (nSPS) is 14.8. The van der Waals surface area contributed by atoms with Gasteiger partial charge in [0, 0.05) is 0 Å². The molecule has 21 heteroatoms. The smallest absolute Gasteiger partial charge is 0.408 e. The van der Waals surface area contributed by atoms with Crippen molar-refractivity contribution < 1.29 is 57.4 Å². The molecule has 0 bridgehead atoms. The number of alkyl carbamates (subject to hydrolysis) is 1. The van der Waals surface area contributed by atoms with Crippen molar-refractivity contribution in [1.29, 1.82) is 0 Å². The molecule has 0 aliphatic carbocycles. The molecule has 0 aliphatic heterocycles. The maximum Gasteiger partial charge on any atom is 0.408 e. The van der Waals surface area contributed by atoms with E-state index in [1.807, 2.05) is 41.5 Å². The minimum atomic E-state index is -1.62. The van der Waals surface area contributed by atoms with Crippen LogP contribution in [0.4, 0.5) is 4.79 Å². The van der Waals surface area contributed by atoms with E-state index in [4.69, 9.17) is 9.47 Å². The summed E-state index contributed by atoms with van der Waals surface area (Å²) in [7, 11) is 1.19. The second-order valence-corrected chi connectivity index (χ2v) is 20.7. The van der Waals surface area contributed by atoms with Crippen molar-refractivity contribution in [3.63, 3.8) is 0 Å². The predicted octanol–water partition coefficient (Wildman–Crippen LogP) is 1.36. The van der Waals surface area contributed by atoms with Gasteiger partial charge < -0.3 is 57.3 Å². The van der Waals surface area contributed by atoms with Crippen LogP contribution >= 0.6 is 0 Å². The monoisotopic (exact) mass is 940 g/mol. The second-order valence-electron chi connectivity index (χ2n) is 20.7. The molecule has 0 radical (unpaired) electrons. The molecular weight excluding hydrogens is 859 g/mol. The molecule has 9 amide bonds. The zero-order valence-corrected chi connectivity index (χ0v) is 42.7. The van der Waals surface area contributed by atoms with Crippen molar-refractivity contribution in [2.24, 2.45) is 17.8 Å². The zero-order valence-electron chi connectivity index (χ0n) is 42.7. The summed E-state index contributed by atoms with van der Waals surface area (Å²) >= 11 is 0. The van der Waals surface area contributed by atoms with Crippen molar-refractivity contribution >= 4 is 59.3 Å². The van der Waals surface area contributed by atoms with Crippen LogP contribution in [0.25, 0.3) is 0 Å². The lowest BCUT2D eigenvalue weighted by atomic mass is 9.98. The Morgan fingerprint density at radius 2 is 0.667 bits per heavy atom. The Balaban J connectivity index is 5.82. The molecule has 0 heterocycles. The summed E-state index contributed by atoms with van der Waals surface area (Å²) < 4.78 is 9.96. The number of nitrogens with one attached hydrogen (secondary N) is 9. The summed E-state index contributed by atoms with van der Waals surface area (Å²) in [6.07, 6.45) is -0.270. The zero-order chi connectivity index (χ0) is 51.9. The van der Waals surface area contributed by atoms with Gasteiger partial charge >= 0.3 is 12.1 Å². The van der Waals surface area contributed by atoms with Gasteiger partial charge in [0.2, 0.25) is 47.3 Å².